The van der Waals surface area contributed by atoms with E-state index in [1.54, 1.807) is 31.2 Å². The summed E-state index contributed by atoms with van der Waals surface area (Å²) >= 11 is 0. The summed E-state index contributed by atoms with van der Waals surface area (Å²) in [6, 6.07) is 9.98. The van der Waals surface area contributed by atoms with Crippen molar-refractivity contribution in [2.75, 3.05) is 12.4 Å². The van der Waals surface area contributed by atoms with Crippen LogP contribution in [-0.4, -0.2) is 29.1 Å². The lowest BCUT2D eigenvalue weighted by atomic mass is 9.93. The van der Waals surface area contributed by atoms with E-state index in [4.69, 9.17) is 4.74 Å². The summed E-state index contributed by atoms with van der Waals surface area (Å²) in [7, 11) is 1.21. The number of carbonyl (C=O) groups excluding carboxylic acids is 2. The SMILES string of the molecule is COC(=O)c1cc(NC(=O)C2(c3ccc(C(F)(F)F)cc3F)CC2)ccc1-c1ccc(C(C)O)nc1. The van der Waals surface area contributed by atoms with Gasteiger partial charge in [-0.3, -0.25) is 9.78 Å². The first-order chi connectivity index (χ1) is 17.0. The number of amides is 1. The standard InChI is InChI=1S/C26H22F4N2O4/c1-14(33)22-8-3-15(13-31-22)18-6-5-17(12-19(18)23(34)36-2)32-24(35)25(9-10-25)20-7-4-16(11-21(20)27)26(28,29)30/h3-8,11-14,33H,9-10H2,1-2H3,(H,32,35). The Balaban J connectivity index is 1.62. The van der Waals surface area contributed by atoms with Crippen molar-refractivity contribution in [3.63, 3.8) is 0 Å². The Morgan fingerprint density at radius 1 is 1.11 bits per heavy atom. The quantitative estimate of drug-likeness (QED) is 0.347. The number of carbonyl (C=O) groups is 2. The average molecular weight is 502 g/mol. The molecule has 1 heterocycles. The van der Waals surface area contributed by atoms with E-state index in [0.29, 0.717) is 22.9 Å². The Kier molecular flexibility index (Phi) is 6.57. The van der Waals surface area contributed by atoms with E-state index >= 15 is 0 Å². The summed E-state index contributed by atoms with van der Waals surface area (Å²) in [6.45, 7) is 1.57. The van der Waals surface area contributed by atoms with E-state index in [0.717, 1.165) is 12.1 Å². The topological polar surface area (TPSA) is 88.5 Å². The van der Waals surface area contributed by atoms with Crippen LogP contribution in [0.25, 0.3) is 11.1 Å². The molecule has 1 amide bonds. The third-order valence-electron chi connectivity index (χ3n) is 6.20. The van der Waals surface area contributed by atoms with Crippen molar-refractivity contribution in [1.29, 1.82) is 0 Å². The highest BCUT2D eigenvalue weighted by Crippen LogP contribution is 2.50. The number of aliphatic hydroxyl groups excluding tert-OH is 1. The second-order valence-electron chi connectivity index (χ2n) is 8.63. The highest BCUT2D eigenvalue weighted by molar-refractivity contribution is 6.04. The van der Waals surface area contributed by atoms with E-state index in [-0.39, 0.29) is 29.7 Å². The predicted molar refractivity (Wildman–Crippen MR) is 123 cm³/mol. The van der Waals surface area contributed by atoms with Gasteiger partial charge < -0.3 is 15.2 Å². The number of esters is 1. The molecule has 0 spiro atoms. The van der Waals surface area contributed by atoms with Gasteiger partial charge >= 0.3 is 12.1 Å². The molecule has 36 heavy (non-hydrogen) atoms. The van der Waals surface area contributed by atoms with Crippen LogP contribution in [-0.2, 0) is 21.1 Å². The van der Waals surface area contributed by atoms with Crippen molar-refractivity contribution in [3.05, 3.63) is 82.9 Å². The third-order valence-corrected chi connectivity index (χ3v) is 6.20. The molecule has 0 saturated heterocycles. The fourth-order valence-electron chi connectivity index (χ4n) is 4.04. The maximum atomic E-state index is 14.6. The minimum absolute atomic E-state index is 0.109. The van der Waals surface area contributed by atoms with Gasteiger partial charge in [0.25, 0.3) is 0 Å². The van der Waals surface area contributed by atoms with Gasteiger partial charge in [0.05, 0.1) is 35.4 Å². The third kappa shape index (κ3) is 4.81. The van der Waals surface area contributed by atoms with Crippen molar-refractivity contribution < 1.29 is 37.0 Å². The molecule has 0 bridgehead atoms. The van der Waals surface area contributed by atoms with E-state index < -0.39 is 41.0 Å². The first-order valence-corrected chi connectivity index (χ1v) is 11.0. The molecule has 2 N–H and O–H groups in total. The monoisotopic (exact) mass is 502 g/mol. The van der Waals surface area contributed by atoms with Crippen LogP contribution in [0, 0.1) is 5.82 Å². The predicted octanol–water partition coefficient (Wildman–Crippen LogP) is 5.42. The number of aromatic nitrogens is 1. The highest BCUT2D eigenvalue weighted by atomic mass is 19.4. The molecule has 1 aliphatic rings. The van der Waals surface area contributed by atoms with Gasteiger partial charge in [0.2, 0.25) is 5.91 Å². The second-order valence-corrected chi connectivity index (χ2v) is 8.63. The number of halogens is 4. The lowest BCUT2D eigenvalue weighted by Gasteiger charge is -2.18. The number of nitrogens with zero attached hydrogens (tertiary/aromatic N) is 1. The first kappa shape index (κ1) is 25.3. The van der Waals surface area contributed by atoms with Gasteiger partial charge in [0.1, 0.15) is 5.82 Å². The van der Waals surface area contributed by atoms with Crippen molar-refractivity contribution in [2.45, 2.75) is 37.5 Å². The Morgan fingerprint density at radius 3 is 2.36 bits per heavy atom. The normalized spacial score (nSPS) is 15.2. The van der Waals surface area contributed by atoms with Crippen LogP contribution < -0.4 is 5.32 Å². The summed E-state index contributed by atoms with van der Waals surface area (Å²) in [5.74, 6) is -2.36. The molecule has 188 valence electrons. The molecule has 10 heteroatoms. The lowest BCUT2D eigenvalue weighted by Crippen LogP contribution is -2.29. The summed E-state index contributed by atoms with van der Waals surface area (Å²) in [5.41, 5.74) is -0.672. The van der Waals surface area contributed by atoms with Gasteiger partial charge in [0.15, 0.2) is 0 Å². The average Bonchev–Trinajstić information content (AvgIpc) is 3.65. The molecule has 0 radical (unpaired) electrons. The van der Waals surface area contributed by atoms with Gasteiger partial charge in [-0.05, 0) is 55.7 Å². The Morgan fingerprint density at radius 2 is 1.83 bits per heavy atom. The lowest BCUT2D eigenvalue weighted by molar-refractivity contribution is -0.137. The van der Waals surface area contributed by atoms with Crippen LogP contribution in [0.3, 0.4) is 0 Å². The minimum atomic E-state index is -4.70. The number of hydrogen-bond donors (Lipinski definition) is 2. The number of anilines is 1. The van der Waals surface area contributed by atoms with Crippen molar-refractivity contribution in [1.82, 2.24) is 4.98 Å². The van der Waals surface area contributed by atoms with Crippen LogP contribution in [0.5, 0.6) is 0 Å². The number of rotatable bonds is 6. The second kappa shape index (κ2) is 9.34. The van der Waals surface area contributed by atoms with Crippen molar-refractivity contribution >= 4 is 17.6 Å². The van der Waals surface area contributed by atoms with Crippen LogP contribution >= 0.6 is 0 Å². The number of nitrogens with one attached hydrogen (secondary N) is 1. The number of ether oxygens (including phenoxy) is 1. The van der Waals surface area contributed by atoms with Crippen molar-refractivity contribution in [3.8, 4) is 11.1 Å². The number of benzene rings is 2. The van der Waals surface area contributed by atoms with Gasteiger partial charge in [-0.15, -0.1) is 0 Å². The van der Waals surface area contributed by atoms with E-state index in [9.17, 15) is 32.3 Å². The smallest absolute Gasteiger partial charge is 0.416 e. The van der Waals surface area contributed by atoms with Crippen LogP contribution in [0.1, 0.15) is 53.0 Å². The Hall–Kier alpha value is -3.79. The van der Waals surface area contributed by atoms with Crippen LogP contribution in [0.2, 0.25) is 0 Å². The minimum Gasteiger partial charge on any atom is -0.465 e. The number of alkyl halides is 3. The van der Waals surface area contributed by atoms with Gasteiger partial charge in [0, 0.05) is 23.0 Å². The molecule has 1 saturated carbocycles. The number of methoxy groups -OCH3 is 1. The molecule has 1 aliphatic carbocycles. The van der Waals surface area contributed by atoms with Crippen LogP contribution in [0.4, 0.5) is 23.2 Å². The Labute approximate surface area is 203 Å². The van der Waals surface area contributed by atoms with E-state index in [2.05, 4.69) is 10.3 Å². The molecule has 1 aromatic heterocycles. The highest BCUT2D eigenvalue weighted by Gasteiger charge is 2.53. The molecular weight excluding hydrogens is 480 g/mol. The van der Waals surface area contributed by atoms with E-state index in [1.807, 2.05) is 0 Å². The van der Waals surface area contributed by atoms with Crippen LogP contribution in [0.15, 0.2) is 54.7 Å². The molecule has 1 atom stereocenters. The number of aliphatic hydroxyl groups is 1. The number of hydrogen-bond acceptors (Lipinski definition) is 5. The zero-order valence-corrected chi connectivity index (χ0v) is 19.3. The van der Waals surface area contributed by atoms with E-state index in [1.165, 1.54) is 19.4 Å². The summed E-state index contributed by atoms with van der Waals surface area (Å²) in [6.07, 6.45) is -3.43. The zero-order chi connectivity index (χ0) is 26.3. The van der Waals surface area contributed by atoms with Gasteiger partial charge in [-0.1, -0.05) is 18.2 Å². The zero-order valence-electron chi connectivity index (χ0n) is 19.3. The molecule has 1 fully saturated rings. The molecule has 3 aromatic rings. The first-order valence-electron chi connectivity index (χ1n) is 11.0. The molecule has 0 aliphatic heterocycles. The largest absolute Gasteiger partial charge is 0.465 e. The summed E-state index contributed by atoms with van der Waals surface area (Å²) in [4.78, 5) is 29.7. The summed E-state index contributed by atoms with van der Waals surface area (Å²) in [5, 5.41) is 12.3. The fraction of sp³-hybridized carbons (Fsp3) is 0.269. The Bertz CT molecular complexity index is 1320. The molecular formula is C26H22F4N2O4. The number of pyridine rings is 1. The fourth-order valence-corrected chi connectivity index (χ4v) is 4.04. The molecule has 4 rings (SSSR count). The maximum Gasteiger partial charge on any atom is 0.416 e. The van der Waals surface area contributed by atoms with Gasteiger partial charge in [-0.2, -0.15) is 13.2 Å². The maximum absolute atomic E-state index is 14.6. The summed E-state index contributed by atoms with van der Waals surface area (Å²) < 4.78 is 58.2. The van der Waals surface area contributed by atoms with Gasteiger partial charge in [-0.25, -0.2) is 9.18 Å². The molecule has 1 unspecified atom stereocenters. The van der Waals surface area contributed by atoms with Crippen molar-refractivity contribution in [2.24, 2.45) is 0 Å². The molecule has 2 aromatic carbocycles. The molecule has 6 nitrogen and oxygen atoms in total.